The summed E-state index contributed by atoms with van der Waals surface area (Å²) in [6, 6.07) is 14.2. The molecule has 1 saturated heterocycles. The fraction of sp³-hybridized carbons (Fsp3) is 0.200. The van der Waals surface area contributed by atoms with E-state index >= 15 is 0 Å². The maximum atomic E-state index is 12.7. The molecule has 0 aliphatic carbocycles. The lowest BCUT2D eigenvalue weighted by molar-refractivity contribution is -0.159. The number of nitrogens with one attached hydrogen (secondary N) is 1. The molecule has 1 unspecified atom stereocenters. The van der Waals surface area contributed by atoms with Crippen LogP contribution in [0, 0.1) is 0 Å². The lowest BCUT2D eigenvalue weighted by Crippen LogP contribution is -2.41. The van der Waals surface area contributed by atoms with Gasteiger partial charge in [-0.2, -0.15) is 18.2 Å². The average molecular weight is 416 g/mol. The Morgan fingerprint density at radius 2 is 1.80 bits per heavy atom. The molecule has 0 spiro atoms. The molecule has 1 N–H and O–H groups in total. The van der Waals surface area contributed by atoms with Gasteiger partial charge in [0.15, 0.2) is 0 Å². The Labute approximate surface area is 168 Å². The van der Waals surface area contributed by atoms with Crippen molar-refractivity contribution in [3.63, 3.8) is 0 Å². The molecule has 2 heterocycles. The lowest BCUT2D eigenvalue weighted by atomic mass is 10.1. The highest BCUT2D eigenvalue weighted by molar-refractivity contribution is 6.07. The number of anilines is 2. The first-order valence-corrected chi connectivity index (χ1v) is 9.02. The van der Waals surface area contributed by atoms with Crippen molar-refractivity contribution in [2.24, 2.45) is 0 Å². The maximum Gasteiger partial charge on any atom is 0.471 e. The number of halogens is 3. The number of aromatic nitrogens is 2. The zero-order valence-corrected chi connectivity index (χ0v) is 15.4. The molecule has 10 heteroatoms. The summed E-state index contributed by atoms with van der Waals surface area (Å²) >= 11 is 0. The van der Waals surface area contributed by atoms with Gasteiger partial charge < -0.3 is 9.84 Å². The number of rotatable bonds is 4. The first kappa shape index (κ1) is 19.6. The van der Waals surface area contributed by atoms with Gasteiger partial charge in [0.2, 0.25) is 17.6 Å². The highest BCUT2D eigenvalue weighted by Gasteiger charge is 2.39. The standard InChI is InChI=1S/C20H15F3N4O3/c21-20(22,23)19-25-17(26-30-19)12-6-8-14(9-7-12)27-15(10-11-16(27)28)18(29)24-13-4-2-1-3-5-13/h1-9,15H,10-11H2,(H,24,29). The summed E-state index contributed by atoms with van der Waals surface area (Å²) in [6.45, 7) is 0. The van der Waals surface area contributed by atoms with Gasteiger partial charge in [-0.15, -0.1) is 0 Å². The van der Waals surface area contributed by atoms with Crippen LogP contribution in [0.1, 0.15) is 18.7 Å². The number of benzene rings is 2. The summed E-state index contributed by atoms with van der Waals surface area (Å²) in [7, 11) is 0. The molecule has 154 valence electrons. The van der Waals surface area contributed by atoms with Crippen molar-refractivity contribution in [3.05, 3.63) is 60.5 Å². The van der Waals surface area contributed by atoms with Crippen LogP contribution in [0.15, 0.2) is 59.1 Å². The Kier molecular flexibility index (Phi) is 4.98. The second-order valence-corrected chi connectivity index (χ2v) is 6.64. The molecule has 3 aromatic rings. The molecule has 1 aliphatic rings. The predicted octanol–water partition coefficient (Wildman–Crippen LogP) is 3.89. The van der Waals surface area contributed by atoms with Crippen molar-refractivity contribution in [1.82, 2.24) is 10.1 Å². The number of hydrogen-bond acceptors (Lipinski definition) is 5. The third-order valence-electron chi connectivity index (χ3n) is 4.63. The minimum Gasteiger partial charge on any atom is -0.329 e. The zero-order chi connectivity index (χ0) is 21.3. The number of alkyl halides is 3. The molecule has 7 nitrogen and oxygen atoms in total. The van der Waals surface area contributed by atoms with Gasteiger partial charge in [0, 0.05) is 23.4 Å². The number of para-hydroxylation sites is 1. The minimum atomic E-state index is -4.73. The van der Waals surface area contributed by atoms with Crippen LogP contribution < -0.4 is 10.2 Å². The van der Waals surface area contributed by atoms with Crippen molar-refractivity contribution < 1.29 is 27.3 Å². The summed E-state index contributed by atoms with van der Waals surface area (Å²) < 4.78 is 42.1. The number of hydrogen-bond donors (Lipinski definition) is 1. The van der Waals surface area contributed by atoms with Gasteiger partial charge in [0.1, 0.15) is 6.04 Å². The molecule has 1 aliphatic heterocycles. The SMILES string of the molecule is O=C(Nc1ccccc1)C1CCC(=O)N1c1ccc(-c2noc(C(F)(F)F)n2)cc1. The molecular formula is C20H15F3N4O3. The Morgan fingerprint density at radius 1 is 1.10 bits per heavy atom. The van der Waals surface area contributed by atoms with Crippen LogP contribution in [-0.4, -0.2) is 28.0 Å². The monoisotopic (exact) mass is 416 g/mol. The molecule has 0 saturated carbocycles. The smallest absolute Gasteiger partial charge is 0.329 e. The molecule has 2 aromatic carbocycles. The summed E-state index contributed by atoms with van der Waals surface area (Å²) in [6.07, 6.45) is -4.15. The topological polar surface area (TPSA) is 88.3 Å². The van der Waals surface area contributed by atoms with Gasteiger partial charge >= 0.3 is 12.1 Å². The molecule has 0 radical (unpaired) electrons. The van der Waals surface area contributed by atoms with Crippen molar-refractivity contribution in [2.75, 3.05) is 10.2 Å². The van der Waals surface area contributed by atoms with Gasteiger partial charge in [-0.3, -0.25) is 14.5 Å². The van der Waals surface area contributed by atoms with Crippen LogP contribution in [0.2, 0.25) is 0 Å². The fourth-order valence-electron chi connectivity index (χ4n) is 3.23. The van der Waals surface area contributed by atoms with E-state index in [9.17, 15) is 22.8 Å². The molecule has 4 rings (SSSR count). The van der Waals surface area contributed by atoms with Crippen LogP contribution in [0.5, 0.6) is 0 Å². The van der Waals surface area contributed by atoms with Crippen LogP contribution in [0.4, 0.5) is 24.5 Å². The van der Waals surface area contributed by atoms with Gasteiger partial charge in [0.05, 0.1) is 0 Å². The normalized spacial score (nSPS) is 16.7. The van der Waals surface area contributed by atoms with Gasteiger partial charge in [-0.05, 0) is 42.8 Å². The average Bonchev–Trinajstić information content (AvgIpc) is 3.36. The Morgan fingerprint density at radius 3 is 2.43 bits per heavy atom. The second kappa shape index (κ2) is 7.62. The Balaban J connectivity index is 1.54. The quantitative estimate of drug-likeness (QED) is 0.697. The van der Waals surface area contributed by atoms with Crippen molar-refractivity contribution >= 4 is 23.2 Å². The lowest BCUT2D eigenvalue weighted by Gasteiger charge is -2.24. The third-order valence-corrected chi connectivity index (χ3v) is 4.63. The van der Waals surface area contributed by atoms with E-state index in [1.54, 1.807) is 24.3 Å². The molecule has 1 aromatic heterocycles. The molecule has 1 atom stereocenters. The molecule has 1 fully saturated rings. The van der Waals surface area contributed by atoms with E-state index in [2.05, 4.69) is 20.0 Å². The fourth-order valence-corrected chi connectivity index (χ4v) is 3.23. The van der Waals surface area contributed by atoms with E-state index in [0.717, 1.165) is 0 Å². The summed E-state index contributed by atoms with van der Waals surface area (Å²) in [5.41, 5.74) is 1.36. The van der Waals surface area contributed by atoms with E-state index in [0.29, 0.717) is 17.8 Å². The van der Waals surface area contributed by atoms with Crippen molar-refractivity contribution in [2.45, 2.75) is 25.1 Å². The first-order chi connectivity index (χ1) is 14.3. The molecule has 30 heavy (non-hydrogen) atoms. The first-order valence-electron chi connectivity index (χ1n) is 9.02. The molecule has 2 amide bonds. The van der Waals surface area contributed by atoms with E-state index in [1.807, 2.05) is 6.07 Å². The highest BCUT2D eigenvalue weighted by Crippen LogP contribution is 2.31. The van der Waals surface area contributed by atoms with Crippen LogP contribution in [-0.2, 0) is 15.8 Å². The molecular weight excluding hydrogens is 401 g/mol. The number of carbonyl (C=O) groups excluding carboxylic acids is 2. The van der Waals surface area contributed by atoms with Crippen LogP contribution in [0.3, 0.4) is 0 Å². The number of amides is 2. The van der Waals surface area contributed by atoms with Crippen molar-refractivity contribution in [3.8, 4) is 11.4 Å². The van der Waals surface area contributed by atoms with Crippen LogP contribution in [0.25, 0.3) is 11.4 Å². The zero-order valence-electron chi connectivity index (χ0n) is 15.4. The Hall–Kier alpha value is -3.69. The predicted molar refractivity (Wildman–Crippen MR) is 100 cm³/mol. The van der Waals surface area contributed by atoms with E-state index in [1.165, 1.54) is 29.2 Å². The van der Waals surface area contributed by atoms with Gasteiger partial charge in [-0.1, -0.05) is 23.4 Å². The summed E-state index contributed by atoms with van der Waals surface area (Å²) in [5.74, 6) is -2.19. The van der Waals surface area contributed by atoms with Gasteiger partial charge in [-0.25, -0.2) is 0 Å². The van der Waals surface area contributed by atoms with E-state index in [-0.39, 0.29) is 29.6 Å². The van der Waals surface area contributed by atoms with E-state index < -0.39 is 18.1 Å². The second-order valence-electron chi connectivity index (χ2n) is 6.64. The summed E-state index contributed by atoms with van der Waals surface area (Å²) in [5, 5.41) is 6.12. The van der Waals surface area contributed by atoms with Gasteiger partial charge in [0.25, 0.3) is 0 Å². The maximum absolute atomic E-state index is 12.7. The Bertz CT molecular complexity index is 1060. The third kappa shape index (κ3) is 3.88. The summed E-state index contributed by atoms with van der Waals surface area (Å²) in [4.78, 5) is 29.8. The van der Waals surface area contributed by atoms with Crippen molar-refractivity contribution in [1.29, 1.82) is 0 Å². The minimum absolute atomic E-state index is 0.213. The number of carbonyl (C=O) groups is 2. The number of nitrogens with zero attached hydrogens (tertiary/aromatic N) is 3. The molecule has 0 bridgehead atoms. The van der Waals surface area contributed by atoms with E-state index in [4.69, 9.17) is 0 Å². The van der Waals surface area contributed by atoms with Crippen LogP contribution >= 0.6 is 0 Å². The largest absolute Gasteiger partial charge is 0.471 e. The highest BCUT2D eigenvalue weighted by atomic mass is 19.4.